The molecule has 1 aromatic heterocycles. The van der Waals surface area contributed by atoms with E-state index in [1.807, 2.05) is 0 Å². The molecular formula is C11H12N4O4S. The molecular weight excluding hydrogens is 284 g/mol. The molecule has 1 N–H and O–H groups in total. The molecule has 8 nitrogen and oxygen atoms in total. The molecule has 1 aromatic rings. The van der Waals surface area contributed by atoms with Gasteiger partial charge in [0.15, 0.2) is 5.13 Å². The highest BCUT2D eigenvalue weighted by Crippen LogP contribution is 2.20. The normalized spacial score (nSPS) is 15.2. The Hall–Kier alpha value is -2.29. The third-order valence-corrected chi connectivity index (χ3v) is 3.41. The highest BCUT2D eigenvalue weighted by molar-refractivity contribution is 7.13. The summed E-state index contributed by atoms with van der Waals surface area (Å²) in [6.07, 6.45) is 0. The number of aromatic nitrogens is 1. The Morgan fingerprint density at radius 1 is 1.30 bits per heavy atom. The lowest BCUT2D eigenvalue weighted by Crippen LogP contribution is -2.32. The highest BCUT2D eigenvalue weighted by Gasteiger charge is 2.43. The highest BCUT2D eigenvalue weighted by atomic mass is 32.1. The molecule has 1 saturated heterocycles. The summed E-state index contributed by atoms with van der Waals surface area (Å²) in [5.74, 6) is -1.94. The smallest absolute Gasteiger partial charge is 0.302 e. The Morgan fingerprint density at radius 3 is 2.50 bits per heavy atom. The fourth-order valence-electron chi connectivity index (χ4n) is 1.72. The van der Waals surface area contributed by atoms with Crippen LogP contribution >= 0.6 is 11.3 Å². The van der Waals surface area contributed by atoms with Crippen molar-refractivity contribution in [2.45, 2.75) is 20.4 Å². The monoisotopic (exact) mass is 296 g/mol. The molecule has 1 fully saturated rings. The van der Waals surface area contributed by atoms with Gasteiger partial charge in [-0.05, 0) is 6.92 Å². The third kappa shape index (κ3) is 2.52. The average molecular weight is 296 g/mol. The van der Waals surface area contributed by atoms with Crippen molar-refractivity contribution < 1.29 is 19.2 Å². The van der Waals surface area contributed by atoms with Crippen molar-refractivity contribution in [2.24, 2.45) is 0 Å². The lowest BCUT2D eigenvalue weighted by molar-refractivity contribution is -0.143. The predicted octanol–water partition coefficient (Wildman–Crippen LogP) is 0.412. The first-order valence-electron chi connectivity index (χ1n) is 5.83. The molecule has 5 amide bonds. The number of imide groups is 2. The van der Waals surface area contributed by atoms with Gasteiger partial charge in [0, 0.05) is 18.8 Å². The fourth-order valence-corrected chi connectivity index (χ4v) is 2.47. The van der Waals surface area contributed by atoms with Crippen molar-refractivity contribution in [1.29, 1.82) is 0 Å². The fraction of sp³-hybridized carbons (Fsp3) is 0.364. The molecule has 1 aliphatic rings. The number of urea groups is 1. The van der Waals surface area contributed by atoms with Crippen LogP contribution in [-0.2, 0) is 20.9 Å². The number of rotatable bonds is 4. The molecule has 0 atom stereocenters. The van der Waals surface area contributed by atoms with Crippen molar-refractivity contribution >= 4 is 40.2 Å². The number of amides is 5. The van der Waals surface area contributed by atoms with Gasteiger partial charge in [-0.1, -0.05) is 0 Å². The number of carbonyl (C=O) groups is 4. The summed E-state index contributed by atoms with van der Waals surface area (Å²) in [5, 5.41) is 4.50. The minimum absolute atomic E-state index is 0.0873. The summed E-state index contributed by atoms with van der Waals surface area (Å²) in [7, 11) is 0. The van der Waals surface area contributed by atoms with E-state index in [0.29, 0.717) is 10.8 Å². The number of nitrogens with zero attached hydrogens (tertiary/aromatic N) is 3. The van der Waals surface area contributed by atoms with Crippen molar-refractivity contribution in [1.82, 2.24) is 14.8 Å². The Bertz CT molecular complexity index is 597. The van der Waals surface area contributed by atoms with E-state index in [0.717, 1.165) is 9.80 Å². The van der Waals surface area contributed by atoms with Crippen molar-refractivity contribution in [2.75, 3.05) is 11.9 Å². The van der Waals surface area contributed by atoms with E-state index in [9.17, 15) is 19.2 Å². The number of carbonyl (C=O) groups excluding carboxylic acids is 4. The zero-order valence-electron chi connectivity index (χ0n) is 10.9. The van der Waals surface area contributed by atoms with Crippen LogP contribution in [0.25, 0.3) is 0 Å². The maximum atomic E-state index is 11.9. The van der Waals surface area contributed by atoms with Crippen LogP contribution in [0.2, 0.25) is 0 Å². The first-order valence-corrected chi connectivity index (χ1v) is 6.71. The molecule has 0 saturated carbocycles. The van der Waals surface area contributed by atoms with Crippen LogP contribution < -0.4 is 5.32 Å². The van der Waals surface area contributed by atoms with Gasteiger partial charge in [0.1, 0.15) is 0 Å². The molecule has 0 bridgehead atoms. The van der Waals surface area contributed by atoms with Gasteiger partial charge < -0.3 is 5.32 Å². The van der Waals surface area contributed by atoms with Gasteiger partial charge in [-0.2, -0.15) is 0 Å². The molecule has 0 unspecified atom stereocenters. The van der Waals surface area contributed by atoms with Gasteiger partial charge >= 0.3 is 17.8 Å². The molecule has 20 heavy (non-hydrogen) atoms. The lowest BCUT2D eigenvalue weighted by atomic mass is 10.4. The Labute approximate surface area is 118 Å². The minimum Gasteiger partial charge on any atom is -0.302 e. The Morgan fingerprint density at radius 2 is 1.95 bits per heavy atom. The van der Waals surface area contributed by atoms with Gasteiger partial charge in [0.25, 0.3) is 0 Å². The summed E-state index contributed by atoms with van der Waals surface area (Å²) in [6.45, 7) is 3.03. The number of thiazole rings is 1. The van der Waals surface area contributed by atoms with E-state index in [1.165, 1.54) is 18.3 Å². The maximum absolute atomic E-state index is 11.9. The van der Waals surface area contributed by atoms with E-state index in [-0.39, 0.29) is 19.0 Å². The zero-order chi connectivity index (χ0) is 14.9. The topological polar surface area (TPSA) is 99.7 Å². The van der Waals surface area contributed by atoms with E-state index >= 15 is 0 Å². The first-order chi connectivity index (χ1) is 9.43. The summed E-state index contributed by atoms with van der Waals surface area (Å²) < 4.78 is 0. The molecule has 0 aliphatic carbocycles. The van der Waals surface area contributed by atoms with Gasteiger partial charge in [-0.3, -0.25) is 19.3 Å². The largest absolute Gasteiger partial charge is 0.334 e. The molecule has 0 radical (unpaired) electrons. The van der Waals surface area contributed by atoms with E-state index in [2.05, 4.69) is 10.3 Å². The number of anilines is 1. The van der Waals surface area contributed by atoms with Crippen molar-refractivity contribution in [3.63, 3.8) is 0 Å². The quantitative estimate of drug-likeness (QED) is 0.641. The van der Waals surface area contributed by atoms with Crippen LogP contribution in [0.5, 0.6) is 0 Å². The molecule has 1 aliphatic heterocycles. The number of hydrogen-bond acceptors (Lipinski definition) is 6. The van der Waals surface area contributed by atoms with Gasteiger partial charge in [0.05, 0.1) is 12.2 Å². The molecule has 106 valence electrons. The standard InChI is InChI=1S/C11H12N4O4S/c1-3-14-8(17)9(18)15(11(14)19)4-7-5-20-10(13-7)12-6(2)16/h5H,3-4H2,1-2H3,(H,12,13,16). The molecule has 9 heteroatoms. The maximum Gasteiger partial charge on any atom is 0.334 e. The third-order valence-electron chi connectivity index (χ3n) is 2.61. The second-order valence-corrected chi connectivity index (χ2v) is 4.91. The number of nitrogens with one attached hydrogen (secondary N) is 1. The summed E-state index contributed by atoms with van der Waals surface area (Å²) in [6, 6.07) is -0.642. The second kappa shape index (κ2) is 5.37. The Balaban J connectivity index is 2.12. The SMILES string of the molecule is CCN1C(=O)C(=O)N(Cc2csc(NC(C)=O)n2)C1=O. The summed E-state index contributed by atoms with van der Waals surface area (Å²) in [5.41, 5.74) is 0.436. The average Bonchev–Trinajstić information content (AvgIpc) is 2.88. The minimum atomic E-state index is -0.856. The van der Waals surface area contributed by atoms with Crippen LogP contribution in [0.4, 0.5) is 9.93 Å². The zero-order valence-corrected chi connectivity index (χ0v) is 11.7. The van der Waals surface area contributed by atoms with Crippen molar-refractivity contribution in [3.8, 4) is 0 Å². The molecule has 2 heterocycles. The molecule has 2 rings (SSSR count). The first kappa shape index (κ1) is 14.1. The van der Waals surface area contributed by atoms with Gasteiger partial charge in [-0.25, -0.2) is 14.7 Å². The number of hydrogen-bond donors (Lipinski definition) is 1. The second-order valence-electron chi connectivity index (χ2n) is 4.05. The van der Waals surface area contributed by atoms with Gasteiger partial charge in [0.2, 0.25) is 5.91 Å². The molecule has 0 aromatic carbocycles. The van der Waals surface area contributed by atoms with Crippen LogP contribution in [0, 0.1) is 0 Å². The summed E-state index contributed by atoms with van der Waals surface area (Å²) >= 11 is 1.18. The van der Waals surface area contributed by atoms with E-state index in [4.69, 9.17) is 0 Å². The van der Waals surface area contributed by atoms with E-state index in [1.54, 1.807) is 12.3 Å². The summed E-state index contributed by atoms with van der Waals surface area (Å²) in [4.78, 5) is 51.8. The van der Waals surface area contributed by atoms with E-state index < -0.39 is 17.8 Å². The lowest BCUT2D eigenvalue weighted by Gasteiger charge is -2.12. The molecule has 0 spiro atoms. The van der Waals surface area contributed by atoms with Crippen LogP contribution in [0.1, 0.15) is 19.5 Å². The predicted molar refractivity (Wildman–Crippen MR) is 69.8 cm³/mol. The number of likely N-dealkylation sites (N-methyl/N-ethyl adjacent to an activating group) is 1. The Kier molecular flexibility index (Phi) is 3.79. The van der Waals surface area contributed by atoms with Crippen molar-refractivity contribution in [3.05, 3.63) is 11.1 Å². The van der Waals surface area contributed by atoms with Crippen LogP contribution in [-0.4, -0.2) is 45.1 Å². The van der Waals surface area contributed by atoms with Crippen LogP contribution in [0.15, 0.2) is 5.38 Å². The van der Waals surface area contributed by atoms with Gasteiger partial charge in [-0.15, -0.1) is 11.3 Å². The van der Waals surface area contributed by atoms with Crippen LogP contribution in [0.3, 0.4) is 0 Å².